The van der Waals surface area contributed by atoms with Crippen LogP contribution in [0.4, 0.5) is 0 Å². The molecule has 7 nitrogen and oxygen atoms in total. The molecule has 0 radical (unpaired) electrons. The first-order valence-corrected chi connectivity index (χ1v) is 8.00. The highest BCUT2D eigenvalue weighted by Crippen LogP contribution is 2.24. The van der Waals surface area contributed by atoms with E-state index in [-0.39, 0.29) is 18.9 Å². The lowest BCUT2D eigenvalue weighted by Gasteiger charge is -2.15. The van der Waals surface area contributed by atoms with Crippen molar-refractivity contribution in [2.24, 2.45) is 0 Å². The van der Waals surface area contributed by atoms with Crippen LogP contribution in [0.1, 0.15) is 30.9 Å². The van der Waals surface area contributed by atoms with E-state index in [9.17, 15) is 14.4 Å². The molecule has 1 aromatic heterocycles. The van der Waals surface area contributed by atoms with Crippen molar-refractivity contribution in [3.05, 3.63) is 39.7 Å². The minimum Gasteiger partial charge on any atom is -0.481 e. The Kier molecular flexibility index (Phi) is 5.80. The molecule has 0 saturated heterocycles. The molecule has 0 unspecified atom stereocenters. The van der Waals surface area contributed by atoms with Crippen molar-refractivity contribution in [3.8, 4) is 5.75 Å². The van der Waals surface area contributed by atoms with Gasteiger partial charge in [0.15, 0.2) is 6.10 Å². The molecule has 1 amide bonds. The van der Waals surface area contributed by atoms with E-state index < -0.39 is 17.7 Å². The maximum absolute atomic E-state index is 12.0. The van der Waals surface area contributed by atoms with Gasteiger partial charge in [-0.05, 0) is 44.9 Å². The van der Waals surface area contributed by atoms with Gasteiger partial charge >= 0.3 is 11.6 Å². The van der Waals surface area contributed by atoms with Crippen molar-refractivity contribution in [1.29, 1.82) is 0 Å². The number of carboxylic acids is 1. The maximum Gasteiger partial charge on any atom is 0.339 e. The predicted octanol–water partition coefficient (Wildman–Crippen LogP) is 2.16. The van der Waals surface area contributed by atoms with Gasteiger partial charge in [0, 0.05) is 30.0 Å². The van der Waals surface area contributed by atoms with Gasteiger partial charge in [-0.15, -0.1) is 0 Å². The Morgan fingerprint density at radius 2 is 2.00 bits per heavy atom. The van der Waals surface area contributed by atoms with Gasteiger partial charge in [0.25, 0.3) is 5.91 Å². The molecule has 0 saturated carbocycles. The normalized spacial score (nSPS) is 12.0. The number of amides is 1. The van der Waals surface area contributed by atoms with E-state index >= 15 is 0 Å². The Labute approximate surface area is 144 Å². The van der Waals surface area contributed by atoms with E-state index in [1.165, 1.54) is 0 Å². The van der Waals surface area contributed by atoms with Crippen LogP contribution in [0.2, 0.25) is 0 Å². The summed E-state index contributed by atoms with van der Waals surface area (Å²) in [4.78, 5) is 34.2. The Hall–Kier alpha value is -2.83. The summed E-state index contributed by atoms with van der Waals surface area (Å²) in [6, 6.07) is 5.08. The molecule has 0 bridgehead atoms. The molecule has 0 fully saturated rings. The number of carboxylic acid groups (broad SMARTS) is 1. The average molecular weight is 347 g/mol. The van der Waals surface area contributed by atoms with Crippen LogP contribution in [-0.4, -0.2) is 29.6 Å². The first-order chi connectivity index (χ1) is 11.8. The highest BCUT2D eigenvalue weighted by Gasteiger charge is 2.15. The molecule has 0 spiro atoms. The van der Waals surface area contributed by atoms with Gasteiger partial charge in [-0.3, -0.25) is 9.59 Å². The SMILES string of the molecule is Cc1c(C)c2ccc(O[C@@H](C)C(=O)NCCCC(=O)O)cc2oc1=O. The van der Waals surface area contributed by atoms with Crippen molar-refractivity contribution < 1.29 is 23.8 Å². The van der Waals surface area contributed by atoms with Crippen LogP contribution in [0.3, 0.4) is 0 Å². The van der Waals surface area contributed by atoms with Crippen molar-refractivity contribution in [1.82, 2.24) is 5.32 Å². The smallest absolute Gasteiger partial charge is 0.339 e. The molecule has 25 heavy (non-hydrogen) atoms. The largest absolute Gasteiger partial charge is 0.481 e. The molecule has 2 rings (SSSR count). The number of rotatable bonds is 7. The zero-order chi connectivity index (χ0) is 18.6. The molecule has 1 atom stereocenters. The molecule has 2 N–H and O–H groups in total. The molecule has 0 aliphatic heterocycles. The average Bonchev–Trinajstić information content (AvgIpc) is 2.56. The zero-order valence-corrected chi connectivity index (χ0v) is 14.4. The number of ether oxygens (including phenoxy) is 1. The summed E-state index contributed by atoms with van der Waals surface area (Å²) in [5.74, 6) is -0.833. The van der Waals surface area contributed by atoms with Crippen LogP contribution in [0.25, 0.3) is 11.0 Å². The minimum atomic E-state index is -0.901. The van der Waals surface area contributed by atoms with Gasteiger partial charge in [0.1, 0.15) is 11.3 Å². The first kappa shape index (κ1) is 18.5. The van der Waals surface area contributed by atoms with E-state index in [1.807, 2.05) is 6.92 Å². The molecule has 1 heterocycles. The van der Waals surface area contributed by atoms with Crippen molar-refractivity contribution in [3.63, 3.8) is 0 Å². The fraction of sp³-hybridized carbons (Fsp3) is 0.389. The number of carbonyl (C=O) groups is 2. The molecule has 0 aliphatic rings. The van der Waals surface area contributed by atoms with Crippen molar-refractivity contribution in [2.75, 3.05) is 6.54 Å². The van der Waals surface area contributed by atoms with Crippen LogP contribution < -0.4 is 15.7 Å². The standard InChI is InChI=1S/C18H21NO6/c1-10-11(2)18(23)25-15-9-13(6-7-14(10)15)24-12(3)17(22)19-8-4-5-16(20)21/h6-7,9,12H,4-5,8H2,1-3H3,(H,19,22)(H,20,21)/t12-/m0/s1. The molecule has 2 aromatic rings. The number of hydrogen-bond acceptors (Lipinski definition) is 5. The second-order valence-electron chi connectivity index (χ2n) is 5.85. The number of carbonyl (C=O) groups excluding carboxylic acids is 1. The van der Waals surface area contributed by atoms with Crippen LogP contribution in [0, 0.1) is 13.8 Å². The number of nitrogens with one attached hydrogen (secondary N) is 1. The number of aryl methyl sites for hydroxylation is 1. The topological polar surface area (TPSA) is 106 Å². The molecular weight excluding hydrogens is 326 g/mol. The van der Waals surface area contributed by atoms with Crippen LogP contribution in [0.5, 0.6) is 5.75 Å². The van der Waals surface area contributed by atoms with Crippen LogP contribution in [-0.2, 0) is 9.59 Å². The quantitative estimate of drug-likeness (QED) is 0.587. The number of fused-ring (bicyclic) bond motifs is 1. The molecule has 134 valence electrons. The Morgan fingerprint density at radius 1 is 1.28 bits per heavy atom. The summed E-state index contributed by atoms with van der Waals surface area (Å²) in [6.07, 6.45) is -0.411. The van der Waals surface area contributed by atoms with E-state index in [0.717, 1.165) is 10.9 Å². The van der Waals surface area contributed by atoms with Gasteiger partial charge in [0.05, 0.1) is 0 Å². The van der Waals surface area contributed by atoms with Gasteiger partial charge in [-0.2, -0.15) is 0 Å². The molecule has 7 heteroatoms. The zero-order valence-electron chi connectivity index (χ0n) is 14.4. The summed E-state index contributed by atoms with van der Waals surface area (Å²) < 4.78 is 10.8. The first-order valence-electron chi connectivity index (χ1n) is 8.00. The highest BCUT2D eigenvalue weighted by atomic mass is 16.5. The van der Waals surface area contributed by atoms with E-state index in [2.05, 4.69) is 5.32 Å². The lowest BCUT2D eigenvalue weighted by molar-refractivity contribution is -0.137. The summed E-state index contributed by atoms with van der Waals surface area (Å²) >= 11 is 0. The number of benzene rings is 1. The van der Waals surface area contributed by atoms with E-state index in [4.69, 9.17) is 14.3 Å². The lowest BCUT2D eigenvalue weighted by Crippen LogP contribution is -2.36. The van der Waals surface area contributed by atoms with Crippen LogP contribution >= 0.6 is 0 Å². The van der Waals surface area contributed by atoms with Gasteiger partial charge in [-0.25, -0.2) is 4.79 Å². The predicted molar refractivity (Wildman–Crippen MR) is 91.9 cm³/mol. The number of hydrogen-bond donors (Lipinski definition) is 2. The monoisotopic (exact) mass is 347 g/mol. The Balaban J connectivity index is 2.04. The van der Waals surface area contributed by atoms with E-state index in [1.54, 1.807) is 32.0 Å². The van der Waals surface area contributed by atoms with Gasteiger partial charge in [-0.1, -0.05) is 0 Å². The fourth-order valence-electron chi connectivity index (χ4n) is 2.35. The maximum atomic E-state index is 12.0. The number of aliphatic carboxylic acids is 1. The molecular formula is C18H21NO6. The minimum absolute atomic E-state index is 0.00199. The summed E-state index contributed by atoms with van der Waals surface area (Å²) in [5.41, 5.74) is 1.42. The van der Waals surface area contributed by atoms with Crippen molar-refractivity contribution in [2.45, 2.75) is 39.7 Å². The Bertz CT molecular complexity index is 855. The lowest BCUT2D eigenvalue weighted by atomic mass is 10.1. The second kappa shape index (κ2) is 7.83. The third-order valence-corrected chi connectivity index (χ3v) is 3.98. The van der Waals surface area contributed by atoms with E-state index in [0.29, 0.717) is 23.3 Å². The Morgan fingerprint density at radius 3 is 2.68 bits per heavy atom. The fourth-order valence-corrected chi connectivity index (χ4v) is 2.35. The van der Waals surface area contributed by atoms with Gasteiger partial charge in [0.2, 0.25) is 0 Å². The van der Waals surface area contributed by atoms with Gasteiger partial charge < -0.3 is 19.6 Å². The highest BCUT2D eigenvalue weighted by molar-refractivity contribution is 5.83. The summed E-state index contributed by atoms with van der Waals surface area (Å²) in [7, 11) is 0. The third-order valence-electron chi connectivity index (χ3n) is 3.98. The third kappa shape index (κ3) is 4.59. The second-order valence-corrected chi connectivity index (χ2v) is 5.85. The molecule has 0 aliphatic carbocycles. The summed E-state index contributed by atoms with van der Waals surface area (Å²) in [5, 5.41) is 12.0. The van der Waals surface area contributed by atoms with Crippen molar-refractivity contribution >= 4 is 22.8 Å². The molecule has 1 aromatic carbocycles. The summed E-state index contributed by atoms with van der Waals surface area (Å²) in [6.45, 7) is 5.42. The van der Waals surface area contributed by atoms with Crippen LogP contribution in [0.15, 0.2) is 27.4 Å².